The predicted molar refractivity (Wildman–Crippen MR) is 35.4 cm³/mol. The van der Waals surface area contributed by atoms with Crippen LogP contribution in [0.4, 0.5) is 0 Å². The molecule has 0 aliphatic carbocycles. The number of carbonyl (C=O) groups excluding carboxylic acids is 2. The molecule has 62 valence electrons. The van der Waals surface area contributed by atoms with Crippen molar-refractivity contribution in [3.8, 4) is 0 Å². The Morgan fingerprint density at radius 3 is 1.91 bits per heavy atom. The third-order valence-corrected chi connectivity index (χ3v) is 1.36. The number of ether oxygens (including phenoxy) is 1. The zero-order chi connectivity index (χ0) is 9.02. The monoisotopic (exact) mass is 157 g/mol. The van der Waals surface area contributed by atoms with Crippen LogP contribution in [0.15, 0.2) is 11.1 Å². The van der Waals surface area contributed by atoms with Crippen LogP contribution in [0.3, 0.4) is 0 Å². The molecule has 0 saturated carbocycles. The lowest BCUT2D eigenvalue weighted by Gasteiger charge is -2.05. The van der Waals surface area contributed by atoms with Gasteiger partial charge in [0.2, 0.25) is 0 Å². The molecule has 0 atom stereocenters. The molecular formula is C7H9O4-. The highest BCUT2D eigenvalue weighted by atomic mass is 16.5. The van der Waals surface area contributed by atoms with Crippen molar-refractivity contribution >= 4 is 11.9 Å². The van der Waals surface area contributed by atoms with Crippen LogP contribution in [0.25, 0.3) is 0 Å². The Hall–Kier alpha value is -1.32. The second-order valence-corrected chi connectivity index (χ2v) is 2.03. The number of carbonyl (C=O) groups is 2. The lowest BCUT2D eigenvalue weighted by molar-refractivity contribution is -0.299. The van der Waals surface area contributed by atoms with Gasteiger partial charge in [0.15, 0.2) is 0 Å². The number of hydrogen-bond donors (Lipinski definition) is 0. The van der Waals surface area contributed by atoms with E-state index in [-0.39, 0.29) is 11.1 Å². The Labute approximate surface area is 64.5 Å². The molecule has 0 aromatic heterocycles. The molecule has 4 nitrogen and oxygen atoms in total. The van der Waals surface area contributed by atoms with E-state index < -0.39 is 11.9 Å². The maximum Gasteiger partial charge on any atom is 0.333 e. The van der Waals surface area contributed by atoms with E-state index in [2.05, 4.69) is 4.74 Å². The van der Waals surface area contributed by atoms with E-state index in [0.717, 1.165) is 0 Å². The number of carboxylic acid groups (broad SMARTS) is 1. The van der Waals surface area contributed by atoms with Gasteiger partial charge in [-0.1, -0.05) is 0 Å². The molecule has 0 saturated heterocycles. The minimum Gasteiger partial charge on any atom is -0.545 e. The van der Waals surface area contributed by atoms with Gasteiger partial charge in [0, 0.05) is 5.57 Å². The summed E-state index contributed by atoms with van der Waals surface area (Å²) >= 11 is 0. The quantitative estimate of drug-likeness (QED) is 0.390. The summed E-state index contributed by atoms with van der Waals surface area (Å²) in [6.45, 7) is 2.67. The van der Waals surface area contributed by atoms with Gasteiger partial charge in [0.05, 0.1) is 13.1 Å². The third-order valence-electron chi connectivity index (χ3n) is 1.36. The lowest BCUT2D eigenvalue weighted by Crippen LogP contribution is -2.25. The van der Waals surface area contributed by atoms with Gasteiger partial charge < -0.3 is 14.6 Å². The largest absolute Gasteiger partial charge is 0.545 e. The van der Waals surface area contributed by atoms with Crippen LogP contribution >= 0.6 is 0 Å². The van der Waals surface area contributed by atoms with Crippen LogP contribution in [0.1, 0.15) is 13.8 Å². The van der Waals surface area contributed by atoms with E-state index in [4.69, 9.17) is 0 Å². The second kappa shape index (κ2) is 3.75. The Morgan fingerprint density at radius 1 is 1.18 bits per heavy atom. The molecular weight excluding hydrogens is 148 g/mol. The zero-order valence-corrected chi connectivity index (χ0v) is 6.63. The summed E-state index contributed by atoms with van der Waals surface area (Å²) in [6.07, 6.45) is 0. The first-order valence-corrected chi connectivity index (χ1v) is 2.97. The average Bonchev–Trinajstić information content (AvgIpc) is 2.00. The van der Waals surface area contributed by atoms with Gasteiger partial charge in [-0.2, -0.15) is 0 Å². The minimum absolute atomic E-state index is 0.0625. The molecule has 0 aliphatic heterocycles. The minimum atomic E-state index is -1.35. The fraction of sp³-hybridized carbons (Fsp3) is 0.429. The van der Waals surface area contributed by atoms with Gasteiger partial charge in [0.1, 0.15) is 0 Å². The van der Waals surface area contributed by atoms with Crippen molar-refractivity contribution in [3.63, 3.8) is 0 Å². The molecule has 0 spiro atoms. The summed E-state index contributed by atoms with van der Waals surface area (Å²) in [7, 11) is 1.19. The summed E-state index contributed by atoms with van der Waals surface area (Å²) in [5, 5.41) is 10.2. The maximum atomic E-state index is 10.7. The van der Waals surface area contributed by atoms with Crippen LogP contribution in [-0.4, -0.2) is 19.0 Å². The smallest absolute Gasteiger partial charge is 0.333 e. The normalized spacial score (nSPS) is 11.9. The highest BCUT2D eigenvalue weighted by molar-refractivity contribution is 5.97. The molecule has 4 heteroatoms. The SMILES string of the molecule is COC(=O)C(C)=C(C)C(=O)[O-]. The highest BCUT2D eigenvalue weighted by Crippen LogP contribution is 2.03. The Bertz CT molecular complexity index is 214. The molecule has 0 aliphatic rings. The Morgan fingerprint density at radius 2 is 1.64 bits per heavy atom. The molecule has 0 amide bonds. The number of aliphatic carboxylic acids is 1. The van der Waals surface area contributed by atoms with Gasteiger partial charge in [-0.25, -0.2) is 4.79 Å². The molecule has 0 aromatic rings. The van der Waals surface area contributed by atoms with Crippen LogP contribution in [-0.2, 0) is 14.3 Å². The number of hydrogen-bond acceptors (Lipinski definition) is 4. The number of esters is 1. The van der Waals surface area contributed by atoms with Gasteiger partial charge >= 0.3 is 5.97 Å². The highest BCUT2D eigenvalue weighted by Gasteiger charge is 2.07. The fourth-order valence-electron chi connectivity index (χ4n) is 0.459. The third kappa shape index (κ3) is 2.41. The van der Waals surface area contributed by atoms with E-state index in [1.165, 1.54) is 21.0 Å². The van der Waals surface area contributed by atoms with Crippen LogP contribution in [0, 0.1) is 0 Å². The Balaban J connectivity index is 4.66. The molecule has 0 rings (SSSR count). The van der Waals surface area contributed by atoms with Gasteiger partial charge in [-0.05, 0) is 19.4 Å². The van der Waals surface area contributed by atoms with Crippen molar-refractivity contribution in [3.05, 3.63) is 11.1 Å². The average molecular weight is 157 g/mol. The van der Waals surface area contributed by atoms with Crippen molar-refractivity contribution in [1.29, 1.82) is 0 Å². The van der Waals surface area contributed by atoms with E-state index >= 15 is 0 Å². The molecule has 11 heavy (non-hydrogen) atoms. The van der Waals surface area contributed by atoms with Crippen LogP contribution in [0.5, 0.6) is 0 Å². The van der Waals surface area contributed by atoms with Crippen molar-refractivity contribution in [2.24, 2.45) is 0 Å². The predicted octanol–water partition coefficient (Wildman–Crippen LogP) is -0.754. The first-order chi connectivity index (χ1) is 5.00. The molecule has 0 heterocycles. The topological polar surface area (TPSA) is 66.4 Å². The number of methoxy groups -OCH3 is 1. The zero-order valence-electron chi connectivity index (χ0n) is 6.63. The summed E-state index contributed by atoms with van der Waals surface area (Å²) in [5.41, 5.74) is -0.0376. The Kier molecular flexibility index (Phi) is 3.30. The molecule has 0 N–H and O–H groups in total. The summed E-state index contributed by atoms with van der Waals surface area (Å²) < 4.78 is 4.30. The molecule has 0 fully saturated rings. The number of rotatable bonds is 2. The van der Waals surface area contributed by atoms with Gasteiger partial charge in [-0.15, -0.1) is 0 Å². The van der Waals surface area contributed by atoms with E-state index in [0.29, 0.717) is 0 Å². The molecule has 0 aromatic carbocycles. The fourth-order valence-corrected chi connectivity index (χ4v) is 0.459. The van der Waals surface area contributed by atoms with Gasteiger partial charge in [0.25, 0.3) is 0 Å². The first kappa shape index (κ1) is 9.68. The summed E-state index contributed by atoms with van der Waals surface area (Å²) in [5.74, 6) is -2.00. The first-order valence-electron chi connectivity index (χ1n) is 2.97. The summed E-state index contributed by atoms with van der Waals surface area (Å²) in [6, 6.07) is 0. The van der Waals surface area contributed by atoms with E-state index in [1.807, 2.05) is 0 Å². The number of carboxylic acids is 1. The van der Waals surface area contributed by atoms with Crippen LogP contribution < -0.4 is 5.11 Å². The lowest BCUT2D eigenvalue weighted by atomic mass is 10.1. The van der Waals surface area contributed by atoms with Crippen molar-refractivity contribution < 1.29 is 19.4 Å². The van der Waals surface area contributed by atoms with E-state index in [1.54, 1.807) is 0 Å². The van der Waals surface area contributed by atoms with Crippen molar-refractivity contribution in [2.45, 2.75) is 13.8 Å². The molecule has 0 radical (unpaired) electrons. The maximum absolute atomic E-state index is 10.7. The second-order valence-electron chi connectivity index (χ2n) is 2.03. The summed E-state index contributed by atoms with van der Waals surface area (Å²) in [4.78, 5) is 20.9. The van der Waals surface area contributed by atoms with Crippen molar-refractivity contribution in [1.82, 2.24) is 0 Å². The van der Waals surface area contributed by atoms with Crippen LogP contribution in [0.2, 0.25) is 0 Å². The molecule has 0 unspecified atom stereocenters. The van der Waals surface area contributed by atoms with Gasteiger partial charge in [-0.3, -0.25) is 0 Å². The standard InChI is InChI=1S/C7H10O4/c1-4(6(8)9)5(2)7(10)11-3/h1-3H3,(H,8,9)/p-1. The molecule has 0 bridgehead atoms. The van der Waals surface area contributed by atoms with Crippen molar-refractivity contribution in [2.75, 3.05) is 7.11 Å². The van der Waals surface area contributed by atoms with E-state index in [9.17, 15) is 14.7 Å².